The quantitative estimate of drug-likeness (QED) is 0.290. The summed E-state index contributed by atoms with van der Waals surface area (Å²) in [6, 6.07) is 13.1. The molecule has 0 aliphatic rings. The van der Waals surface area contributed by atoms with Gasteiger partial charge in [-0.05, 0) is 72.9 Å². The van der Waals surface area contributed by atoms with Crippen LogP contribution in [0.15, 0.2) is 47.0 Å². The third-order valence-electron chi connectivity index (χ3n) is 6.02. The molecule has 3 aromatic heterocycles. The van der Waals surface area contributed by atoms with Crippen molar-refractivity contribution in [3.8, 4) is 11.3 Å². The Bertz CT molecular complexity index is 1430. The summed E-state index contributed by atoms with van der Waals surface area (Å²) in [5, 5.41) is 3.64. The Balaban J connectivity index is 1.76. The maximum absolute atomic E-state index is 6.56. The summed E-state index contributed by atoms with van der Waals surface area (Å²) in [5.41, 5.74) is 8.17. The maximum Gasteiger partial charge on any atom is 0.153 e. The second-order valence-electron chi connectivity index (χ2n) is 9.62. The van der Waals surface area contributed by atoms with Crippen LogP contribution in [0.2, 0.25) is 0 Å². The van der Waals surface area contributed by atoms with E-state index in [1.54, 1.807) is 0 Å². The molecule has 0 unspecified atom stereocenters. The molecule has 0 amide bonds. The maximum atomic E-state index is 6.56. The molecule has 0 fully saturated rings. The van der Waals surface area contributed by atoms with E-state index in [1.807, 2.05) is 17.5 Å². The molecule has 0 saturated heterocycles. The lowest BCUT2D eigenvalue weighted by molar-refractivity contribution is 0.410. The Morgan fingerprint density at radius 3 is 2.43 bits per heavy atom. The van der Waals surface area contributed by atoms with E-state index in [2.05, 4.69) is 77.9 Å². The molecule has 0 atom stereocenters. The zero-order chi connectivity index (χ0) is 21.2. The van der Waals surface area contributed by atoms with Gasteiger partial charge in [-0.2, -0.15) is 0 Å². The molecular weight excluding hydrogens is 386 g/mol. The van der Waals surface area contributed by atoms with Crippen molar-refractivity contribution in [3.63, 3.8) is 0 Å². The van der Waals surface area contributed by atoms with Crippen molar-refractivity contribution in [1.29, 1.82) is 0 Å². The van der Waals surface area contributed by atoms with Gasteiger partial charge >= 0.3 is 0 Å². The average Bonchev–Trinajstić information content (AvgIpc) is 3.20. The van der Waals surface area contributed by atoms with E-state index in [4.69, 9.17) is 9.40 Å². The van der Waals surface area contributed by atoms with E-state index in [1.165, 1.54) is 37.0 Å². The molecule has 2 nitrogen and oxygen atoms in total. The molecule has 0 aliphatic carbocycles. The van der Waals surface area contributed by atoms with Gasteiger partial charge in [0.15, 0.2) is 5.58 Å². The molecule has 0 saturated carbocycles. The van der Waals surface area contributed by atoms with Crippen molar-refractivity contribution in [2.75, 3.05) is 0 Å². The number of hydrogen-bond donors (Lipinski definition) is 0. The summed E-state index contributed by atoms with van der Waals surface area (Å²) in [4.78, 5) is 6.13. The minimum Gasteiger partial charge on any atom is -0.454 e. The predicted molar refractivity (Wildman–Crippen MR) is 130 cm³/mol. The predicted octanol–water partition coefficient (Wildman–Crippen LogP) is 8.38. The Morgan fingerprint density at radius 2 is 1.67 bits per heavy atom. The molecule has 5 rings (SSSR count). The zero-order valence-electron chi connectivity index (χ0n) is 18.5. The van der Waals surface area contributed by atoms with Crippen molar-refractivity contribution in [1.82, 2.24) is 4.98 Å². The van der Waals surface area contributed by atoms with Gasteiger partial charge in [-0.1, -0.05) is 39.0 Å². The van der Waals surface area contributed by atoms with Crippen molar-refractivity contribution < 1.29 is 4.42 Å². The molecule has 3 heterocycles. The highest BCUT2D eigenvalue weighted by molar-refractivity contribution is 7.20. The van der Waals surface area contributed by atoms with Crippen molar-refractivity contribution in [2.45, 2.75) is 48.0 Å². The van der Waals surface area contributed by atoms with Crippen molar-refractivity contribution in [3.05, 3.63) is 64.2 Å². The number of thiophene rings is 1. The fourth-order valence-electron chi connectivity index (χ4n) is 4.33. The standard InChI is InChI=1S/C27H27NOS/c1-15-14-28-23(12-18(15)13-27(4,5)6)22-9-7-8-20-21-11-10-19-16(2)17(3)30-26(19)25(21)29-24(20)22/h7-12,14H,13H2,1-6H3. The van der Waals surface area contributed by atoms with Gasteiger partial charge in [-0.25, -0.2) is 0 Å². The first kappa shape index (κ1) is 19.3. The lowest BCUT2D eigenvalue weighted by Gasteiger charge is -2.20. The van der Waals surface area contributed by atoms with Crippen LogP contribution in [0, 0.1) is 26.2 Å². The van der Waals surface area contributed by atoms with Crippen molar-refractivity contribution >= 4 is 43.4 Å². The molecule has 3 heteroatoms. The van der Waals surface area contributed by atoms with E-state index in [9.17, 15) is 0 Å². The lowest BCUT2D eigenvalue weighted by atomic mass is 9.86. The molecule has 30 heavy (non-hydrogen) atoms. The number of nitrogens with zero attached hydrogens (tertiary/aromatic N) is 1. The second kappa shape index (κ2) is 6.68. The van der Waals surface area contributed by atoms with Crippen LogP contribution < -0.4 is 0 Å². The third-order valence-corrected chi connectivity index (χ3v) is 7.24. The number of pyridine rings is 1. The van der Waals surface area contributed by atoms with Crippen LogP contribution in [0.1, 0.15) is 42.3 Å². The molecule has 152 valence electrons. The van der Waals surface area contributed by atoms with Crippen molar-refractivity contribution in [2.24, 2.45) is 5.41 Å². The number of furan rings is 1. The van der Waals surface area contributed by atoms with Crippen LogP contribution in [0.5, 0.6) is 0 Å². The Morgan fingerprint density at radius 1 is 0.933 bits per heavy atom. The summed E-state index contributed by atoms with van der Waals surface area (Å²) < 4.78 is 7.81. The first-order valence-corrected chi connectivity index (χ1v) is 11.3. The summed E-state index contributed by atoms with van der Waals surface area (Å²) >= 11 is 1.83. The van der Waals surface area contributed by atoms with E-state index in [-0.39, 0.29) is 5.41 Å². The van der Waals surface area contributed by atoms with Gasteiger partial charge in [0.25, 0.3) is 0 Å². The monoisotopic (exact) mass is 413 g/mol. The smallest absolute Gasteiger partial charge is 0.153 e. The molecule has 2 aromatic carbocycles. The number of aryl methyl sites for hydroxylation is 3. The molecule has 0 N–H and O–H groups in total. The highest BCUT2D eigenvalue weighted by atomic mass is 32.1. The minimum atomic E-state index is 0.231. The second-order valence-corrected chi connectivity index (χ2v) is 10.8. The number of para-hydroxylation sites is 1. The van der Waals surface area contributed by atoms with Crippen LogP contribution in [-0.4, -0.2) is 4.98 Å². The highest BCUT2D eigenvalue weighted by Crippen LogP contribution is 2.42. The zero-order valence-corrected chi connectivity index (χ0v) is 19.3. The fourth-order valence-corrected chi connectivity index (χ4v) is 5.47. The SMILES string of the molecule is Cc1cnc(-c2cccc3c2oc2c3ccc3c(C)c(C)sc32)cc1CC(C)(C)C. The number of rotatable bonds is 2. The van der Waals surface area contributed by atoms with E-state index in [0.29, 0.717) is 0 Å². The summed E-state index contributed by atoms with van der Waals surface area (Å²) in [6.45, 7) is 13.4. The first-order chi connectivity index (χ1) is 14.2. The summed E-state index contributed by atoms with van der Waals surface area (Å²) in [6.07, 6.45) is 3.03. The summed E-state index contributed by atoms with van der Waals surface area (Å²) in [5.74, 6) is 0. The molecular formula is C27H27NOS. The third kappa shape index (κ3) is 3.04. The van der Waals surface area contributed by atoms with Crippen LogP contribution in [-0.2, 0) is 6.42 Å². The number of hydrogen-bond acceptors (Lipinski definition) is 3. The van der Waals surface area contributed by atoms with E-state index >= 15 is 0 Å². The van der Waals surface area contributed by atoms with Crippen LogP contribution in [0.3, 0.4) is 0 Å². The molecule has 0 bridgehead atoms. The summed E-state index contributed by atoms with van der Waals surface area (Å²) in [7, 11) is 0. The normalized spacial score (nSPS) is 12.5. The average molecular weight is 414 g/mol. The van der Waals surface area contributed by atoms with Gasteiger partial charge in [0.05, 0.1) is 10.4 Å². The van der Waals surface area contributed by atoms with E-state index in [0.717, 1.165) is 34.2 Å². The van der Waals surface area contributed by atoms with Crippen LogP contribution in [0.4, 0.5) is 0 Å². The fraction of sp³-hybridized carbons (Fsp3) is 0.296. The van der Waals surface area contributed by atoms with Gasteiger partial charge in [0.1, 0.15) is 5.58 Å². The topological polar surface area (TPSA) is 26.0 Å². The van der Waals surface area contributed by atoms with Gasteiger partial charge in [-0.3, -0.25) is 4.98 Å². The largest absolute Gasteiger partial charge is 0.454 e. The van der Waals surface area contributed by atoms with E-state index < -0.39 is 0 Å². The number of fused-ring (bicyclic) bond motifs is 5. The van der Waals surface area contributed by atoms with Crippen LogP contribution >= 0.6 is 11.3 Å². The highest BCUT2D eigenvalue weighted by Gasteiger charge is 2.19. The van der Waals surface area contributed by atoms with Gasteiger partial charge in [-0.15, -0.1) is 11.3 Å². The lowest BCUT2D eigenvalue weighted by Crippen LogP contribution is -2.10. The van der Waals surface area contributed by atoms with Crippen LogP contribution in [0.25, 0.3) is 43.3 Å². The minimum absolute atomic E-state index is 0.231. The Hall–Kier alpha value is -2.65. The molecule has 0 aliphatic heterocycles. The van der Waals surface area contributed by atoms with Gasteiger partial charge in [0.2, 0.25) is 0 Å². The first-order valence-electron chi connectivity index (χ1n) is 10.5. The Labute approximate surface area is 181 Å². The number of aromatic nitrogens is 1. The molecule has 5 aromatic rings. The molecule has 0 spiro atoms. The number of benzene rings is 2. The van der Waals surface area contributed by atoms with Gasteiger partial charge in [0, 0.05) is 27.4 Å². The molecule has 0 radical (unpaired) electrons. The Kier molecular flexibility index (Phi) is 4.30. The van der Waals surface area contributed by atoms with Gasteiger partial charge < -0.3 is 4.42 Å².